The van der Waals surface area contributed by atoms with Gasteiger partial charge in [-0.1, -0.05) is 30.3 Å². The molecule has 1 aliphatic rings. The lowest BCUT2D eigenvalue weighted by atomic mass is 10.0. The Morgan fingerprint density at radius 1 is 1.10 bits per heavy atom. The third-order valence-electron chi connectivity index (χ3n) is 3.80. The zero-order valence-electron chi connectivity index (χ0n) is 10.9. The van der Waals surface area contributed by atoms with E-state index in [-0.39, 0.29) is 29.6 Å². The van der Waals surface area contributed by atoms with Crippen molar-refractivity contribution >= 4 is 5.78 Å². The molecule has 2 atom stereocenters. The fraction of sp³-hybridized carbons (Fsp3) is 0.235. The van der Waals surface area contributed by atoms with Crippen LogP contribution in [0.4, 0.5) is 8.78 Å². The van der Waals surface area contributed by atoms with Crippen molar-refractivity contribution in [3.05, 3.63) is 71.3 Å². The molecule has 0 N–H and O–H groups in total. The van der Waals surface area contributed by atoms with E-state index < -0.39 is 11.6 Å². The molecular formula is C17H14F2O. The molecule has 3 heteroatoms. The summed E-state index contributed by atoms with van der Waals surface area (Å²) < 4.78 is 26.6. The lowest BCUT2D eigenvalue weighted by Gasteiger charge is -2.03. The van der Waals surface area contributed by atoms with E-state index in [1.54, 1.807) is 0 Å². The van der Waals surface area contributed by atoms with E-state index >= 15 is 0 Å². The Morgan fingerprint density at radius 2 is 1.85 bits per heavy atom. The fourth-order valence-corrected chi connectivity index (χ4v) is 2.62. The summed E-state index contributed by atoms with van der Waals surface area (Å²) in [7, 11) is 0. The van der Waals surface area contributed by atoms with Crippen LogP contribution in [-0.2, 0) is 11.2 Å². The first kappa shape index (κ1) is 13.0. The zero-order chi connectivity index (χ0) is 14.1. The number of hydrogen-bond acceptors (Lipinski definition) is 1. The van der Waals surface area contributed by atoms with Crippen LogP contribution in [0.3, 0.4) is 0 Å². The summed E-state index contributed by atoms with van der Waals surface area (Å²) in [4.78, 5) is 12.1. The highest BCUT2D eigenvalue weighted by Gasteiger charge is 2.43. The molecular weight excluding hydrogens is 258 g/mol. The van der Waals surface area contributed by atoms with Gasteiger partial charge in [0, 0.05) is 12.3 Å². The van der Waals surface area contributed by atoms with Crippen LogP contribution in [0.5, 0.6) is 0 Å². The summed E-state index contributed by atoms with van der Waals surface area (Å²) in [6, 6.07) is 13.1. The topological polar surface area (TPSA) is 17.1 Å². The van der Waals surface area contributed by atoms with Gasteiger partial charge in [-0.3, -0.25) is 4.79 Å². The van der Waals surface area contributed by atoms with Crippen LogP contribution in [0.15, 0.2) is 48.5 Å². The van der Waals surface area contributed by atoms with Crippen LogP contribution in [0, 0.1) is 17.6 Å². The minimum atomic E-state index is -0.517. The van der Waals surface area contributed by atoms with Gasteiger partial charge in [0.1, 0.15) is 17.4 Å². The van der Waals surface area contributed by atoms with Gasteiger partial charge in [-0.25, -0.2) is 8.78 Å². The molecule has 0 heterocycles. The van der Waals surface area contributed by atoms with Gasteiger partial charge in [-0.15, -0.1) is 0 Å². The van der Waals surface area contributed by atoms with Crippen molar-refractivity contribution in [3.8, 4) is 0 Å². The third kappa shape index (κ3) is 2.62. The van der Waals surface area contributed by atoms with E-state index in [9.17, 15) is 13.6 Å². The minimum Gasteiger partial charge on any atom is -0.299 e. The number of halogens is 2. The monoisotopic (exact) mass is 272 g/mol. The van der Waals surface area contributed by atoms with Crippen molar-refractivity contribution in [1.82, 2.24) is 0 Å². The van der Waals surface area contributed by atoms with Crippen LogP contribution >= 0.6 is 0 Å². The predicted molar refractivity (Wildman–Crippen MR) is 72.4 cm³/mol. The molecule has 1 fully saturated rings. The van der Waals surface area contributed by atoms with Crippen molar-refractivity contribution in [3.63, 3.8) is 0 Å². The second-order valence-corrected chi connectivity index (χ2v) is 5.24. The number of carbonyl (C=O) groups excluding carboxylic acids is 1. The van der Waals surface area contributed by atoms with E-state index in [4.69, 9.17) is 0 Å². The SMILES string of the molecule is O=C(Cc1cc(F)ccc1F)C1CC1c1ccccc1. The van der Waals surface area contributed by atoms with Gasteiger partial charge in [0.05, 0.1) is 0 Å². The lowest BCUT2D eigenvalue weighted by Crippen LogP contribution is -2.08. The Labute approximate surface area is 116 Å². The molecule has 1 saturated carbocycles. The van der Waals surface area contributed by atoms with E-state index in [0.717, 1.165) is 30.2 Å². The van der Waals surface area contributed by atoms with Gasteiger partial charge >= 0.3 is 0 Å². The second-order valence-electron chi connectivity index (χ2n) is 5.24. The summed E-state index contributed by atoms with van der Waals surface area (Å²) in [5.41, 5.74) is 1.29. The van der Waals surface area contributed by atoms with Crippen LogP contribution in [-0.4, -0.2) is 5.78 Å². The van der Waals surface area contributed by atoms with Crippen LogP contribution < -0.4 is 0 Å². The molecule has 0 radical (unpaired) electrons. The Kier molecular flexibility index (Phi) is 3.35. The first-order valence-electron chi connectivity index (χ1n) is 6.67. The number of ketones is 1. The highest BCUT2D eigenvalue weighted by Crippen LogP contribution is 2.48. The highest BCUT2D eigenvalue weighted by molar-refractivity contribution is 5.87. The van der Waals surface area contributed by atoms with Gasteiger partial charge in [0.2, 0.25) is 0 Å². The van der Waals surface area contributed by atoms with Gasteiger partial charge in [-0.05, 0) is 41.7 Å². The largest absolute Gasteiger partial charge is 0.299 e. The summed E-state index contributed by atoms with van der Waals surface area (Å²) in [5.74, 6) is -0.856. The Bertz CT molecular complexity index is 637. The molecule has 2 unspecified atom stereocenters. The second kappa shape index (κ2) is 5.16. The molecule has 3 rings (SSSR count). The molecule has 2 aromatic carbocycles. The van der Waals surface area contributed by atoms with Crippen LogP contribution in [0.2, 0.25) is 0 Å². The Morgan fingerprint density at radius 3 is 2.60 bits per heavy atom. The van der Waals surface area contributed by atoms with Crippen LogP contribution in [0.1, 0.15) is 23.5 Å². The quantitative estimate of drug-likeness (QED) is 0.825. The highest BCUT2D eigenvalue weighted by atomic mass is 19.1. The minimum absolute atomic E-state index is 0.0108. The molecule has 102 valence electrons. The lowest BCUT2D eigenvalue weighted by molar-refractivity contribution is -0.119. The average Bonchev–Trinajstić information content (AvgIpc) is 3.24. The van der Waals surface area contributed by atoms with E-state index in [1.807, 2.05) is 30.3 Å². The van der Waals surface area contributed by atoms with Gasteiger partial charge in [0.15, 0.2) is 0 Å². The van der Waals surface area contributed by atoms with Crippen molar-refractivity contribution in [2.75, 3.05) is 0 Å². The molecule has 20 heavy (non-hydrogen) atoms. The standard InChI is InChI=1S/C17H14F2O/c18-13-6-7-16(19)12(8-13)9-17(20)15-10-14(15)11-4-2-1-3-5-11/h1-8,14-15H,9-10H2. The maximum Gasteiger partial charge on any atom is 0.141 e. The third-order valence-corrected chi connectivity index (χ3v) is 3.80. The number of carbonyl (C=O) groups is 1. The van der Waals surface area contributed by atoms with Crippen molar-refractivity contribution in [1.29, 1.82) is 0 Å². The molecule has 0 aliphatic heterocycles. The first-order valence-corrected chi connectivity index (χ1v) is 6.67. The first-order chi connectivity index (χ1) is 9.65. The fourth-order valence-electron chi connectivity index (χ4n) is 2.62. The van der Waals surface area contributed by atoms with Crippen LogP contribution in [0.25, 0.3) is 0 Å². The summed E-state index contributed by atoms with van der Waals surface area (Å²) in [6.45, 7) is 0. The van der Waals surface area contributed by atoms with E-state index in [0.29, 0.717) is 0 Å². The molecule has 1 aliphatic carbocycles. The van der Waals surface area contributed by atoms with Crippen molar-refractivity contribution in [2.45, 2.75) is 18.8 Å². The zero-order valence-corrected chi connectivity index (χ0v) is 10.9. The molecule has 0 bridgehead atoms. The summed E-state index contributed by atoms with van der Waals surface area (Å²) in [5, 5.41) is 0. The van der Waals surface area contributed by atoms with Crippen molar-refractivity contribution in [2.24, 2.45) is 5.92 Å². The Balaban J connectivity index is 1.68. The van der Waals surface area contributed by atoms with Gasteiger partial charge in [0.25, 0.3) is 0 Å². The van der Waals surface area contributed by atoms with Crippen molar-refractivity contribution < 1.29 is 13.6 Å². The number of hydrogen-bond donors (Lipinski definition) is 0. The summed E-state index contributed by atoms with van der Waals surface area (Å²) in [6.07, 6.45) is 0.775. The number of Topliss-reactive ketones (excluding diaryl/α,β-unsaturated/α-hetero) is 1. The molecule has 1 nitrogen and oxygen atoms in total. The number of benzene rings is 2. The smallest absolute Gasteiger partial charge is 0.141 e. The van der Waals surface area contributed by atoms with Gasteiger partial charge < -0.3 is 0 Å². The summed E-state index contributed by atoms with van der Waals surface area (Å²) >= 11 is 0. The molecule has 2 aromatic rings. The maximum absolute atomic E-state index is 13.5. The normalized spacial score (nSPS) is 20.7. The predicted octanol–water partition coefficient (Wildman–Crippen LogP) is 3.88. The van der Waals surface area contributed by atoms with Gasteiger partial charge in [-0.2, -0.15) is 0 Å². The Hall–Kier alpha value is -2.03. The molecule has 0 spiro atoms. The maximum atomic E-state index is 13.5. The average molecular weight is 272 g/mol. The molecule has 0 saturated heterocycles. The number of rotatable bonds is 4. The molecule has 0 amide bonds. The van der Waals surface area contributed by atoms with E-state index in [1.165, 1.54) is 0 Å². The van der Waals surface area contributed by atoms with E-state index in [2.05, 4.69) is 0 Å². The molecule has 0 aromatic heterocycles.